The van der Waals surface area contributed by atoms with Crippen LogP contribution in [0.2, 0.25) is 0 Å². The summed E-state index contributed by atoms with van der Waals surface area (Å²) in [4.78, 5) is 36.3. The second-order valence-electron chi connectivity index (χ2n) is 7.18. The molecule has 7 heteroatoms. The molecule has 2 aromatic heterocycles. The lowest BCUT2D eigenvalue weighted by Gasteiger charge is -2.04. The molecule has 0 atom stereocenters. The maximum atomic E-state index is 12.4. The number of para-hydroxylation sites is 1. The summed E-state index contributed by atoms with van der Waals surface area (Å²) in [6, 6.07) is 21.5. The van der Waals surface area contributed by atoms with Crippen molar-refractivity contribution in [3.05, 3.63) is 88.3 Å². The number of rotatable bonds is 5. The summed E-state index contributed by atoms with van der Waals surface area (Å²) in [6.45, 7) is 0. The van der Waals surface area contributed by atoms with Gasteiger partial charge in [0.1, 0.15) is 5.82 Å². The molecule has 2 heterocycles. The van der Waals surface area contributed by atoms with Gasteiger partial charge in [0.2, 0.25) is 5.91 Å². The van der Waals surface area contributed by atoms with E-state index in [1.54, 1.807) is 18.2 Å². The van der Waals surface area contributed by atoms with Crippen LogP contribution in [0.1, 0.15) is 12.2 Å². The summed E-state index contributed by atoms with van der Waals surface area (Å²) in [5.41, 5.74) is 2.27. The van der Waals surface area contributed by atoms with Crippen LogP contribution in [0.4, 0.5) is 5.13 Å². The van der Waals surface area contributed by atoms with Gasteiger partial charge >= 0.3 is 0 Å². The quantitative estimate of drug-likeness (QED) is 0.424. The first-order valence-corrected chi connectivity index (χ1v) is 10.8. The van der Waals surface area contributed by atoms with Crippen LogP contribution < -0.4 is 10.9 Å². The minimum atomic E-state index is -0.194. The van der Waals surface area contributed by atoms with Gasteiger partial charge < -0.3 is 10.3 Å². The monoisotopic (exact) mass is 426 g/mol. The van der Waals surface area contributed by atoms with E-state index in [-0.39, 0.29) is 17.9 Å². The second kappa shape index (κ2) is 8.12. The molecule has 0 fully saturated rings. The van der Waals surface area contributed by atoms with Gasteiger partial charge in [0.05, 0.1) is 16.6 Å². The first-order chi connectivity index (χ1) is 15.2. The summed E-state index contributed by atoms with van der Waals surface area (Å²) in [5.74, 6) is 0.324. The molecule has 6 nitrogen and oxygen atoms in total. The number of nitrogens with one attached hydrogen (secondary N) is 2. The molecule has 0 unspecified atom stereocenters. The summed E-state index contributed by atoms with van der Waals surface area (Å²) < 4.78 is 0. The lowest BCUT2D eigenvalue weighted by molar-refractivity contribution is -0.116. The first-order valence-electron chi connectivity index (χ1n) is 9.88. The van der Waals surface area contributed by atoms with E-state index in [1.165, 1.54) is 16.7 Å². The number of aryl methyl sites for hydroxylation is 1. The molecule has 5 rings (SSSR count). The highest BCUT2D eigenvalue weighted by Crippen LogP contribution is 2.27. The largest absolute Gasteiger partial charge is 0.310 e. The zero-order chi connectivity index (χ0) is 21.2. The molecule has 0 aliphatic rings. The smallest absolute Gasteiger partial charge is 0.258 e. The molecule has 0 aliphatic heterocycles. The molecule has 1 amide bonds. The van der Waals surface area contributed by atoms with E-state index in [9.17, 15) is 9.59 Å². The Morgan fingerprint density at radius 1 is 0.968 bits per heavy atom. The number of hydrogen-bond donors (Lipinski definition) is 2. The Kier molecular flexibility index (Phi) is 5.01. The molecule has 0 saturated heterocycles. The summed E-state index contributed by atoms with van der Waals surface area (Å²) >= 11 is 1.39. The van der Waals surface area contributed by atoms with Crippen molar-refractivity contribution in [3.8, 4) is 11.3 Å². The van der Waals surface area contributed by atoms with Crippen LogP contribution in [0.25, 0.3) is 32.9 Å². The Bertz CT molecular complexity index is 1470. The fraction of sp³-hybridized carbons (Fsp3) is 0.0833. The highest BCUT2D eigenvalue weighted by Gasteiger charge is 2.10. The molecule has 0 radical (unpaired) electrons. The fourth-order valence-electron chi connectivity index (χ4n) is 3.48. The van der Waals surface area contributed by atoms with Crippen molar-refractivity contribution in [1.29, 1.82) is 0 Å². The number of hydrogen-bond acceptors (Lipinski definition) is 5. The summed E-state index contributed by atoms with van der Waals surface area (Å²) in [6.07, 6.45) is 0.543. The molecule has 5 aromatic rings. The highest BCUT2D eigenvalue weighted by atomic mass is 32.1. The normalized spacial score (nSPS) is 11.1. The average Bonchev–Trinajstić information content (AvgIpc) is 3.26. The van der Waals surface area contributed by atoms with Crippen LogP contribution >= 0.6 is 11.3 Å². The SMILES string of the molecule is O=C(CCc1nc2ccccc2c(=O)[nH]1)Nc1nc(-c2ccc3ccccc3c2)cs1. The zero-order valence-corrected chi connectivity index (χ0v) is 17.3. The van der Waals surface area contributed by atoms with E-state index in [2.05, 4.69) is 44.5 Å². The second-order valence-corrected chi connectivity index (χ2v) is 8.04. The predicted molar refractivity (Wildman–Crippen MR) is 124 cm³/mol. The van der Waals surface area contributed by atoms with Crippen molar-refractivity contribution < 1.29 is 4.79 Å². The van der Waals surface area contributed by atoms with Crippen LogP contribution in [-0.2, 0) is 11.2 Å². The fourth-order valence-corrected chi connectivity index (χ4v) is 4.22. The highest BCUT2D eigenvalue weighted by molar-refractivity contribution is 7.14. The molecular formula is C24H18N4O2S. The van der Waals surface area contributed by atoms with Crippen molar-refractivity contribution in [2.24, 2.45) is 0 Å². The molecule has 3 aromatic carbocycles. The molecule has 0 spiro atoms. The van der Waals surface area contributed by atoms with E-state index in [4.69, 9.17) is 0 Å². The van der Waals surface area contributed by atoms with Gasteiger partial charge in [0.25, 0.3) is 5.56 Å². The van der Waals surface area contributed by atoms with Gasteiger partial charge in [-0.05, 0) is 29.0 Å². The maximum absolute atomic E-state index is 12.4. The number of carbonyl (C=O) groups excluding carboxylic acids is 1. The van der Waals surface area contributed by atoms with E-state index in [0.29, 0.717) is 28.3 Å². The molecular weight excluding hydrogens is 408 g/mol. The minimum Gasteiger partial charge on any atom is -0.310 e. The van der Waals surface area contributed by atoms with Crippen molar-refractivity contribution >= 4 is 44.1 Å². The Labute approximate surface area is 181 Å². The molecule has 0 bridgehead atoms. The number of thiazole rings is 1. The Balaban J connectivity index is 1.26. The van der Waals surface area contributed by atoms with Crippen LogP contribution in [0, 0.1) is 0 Å². The van der Waals surface area contributed by atoms with Crippen molar-refractivity contribution in [1.82, 2.24) is 15.0 Å². The van der Waals surface area contributed by atoms with Gasteiger partial charge in [0.15, 0.2) is 5.13 Å². The molecule has 0 aliphatic carbocycles. The van der Waals surface area contributed by atoms with Crippen LogP contribution in [0.3, 0.4) is 0 Å². The van der Waals surface area contributed by atoms with Crippen LogP contribution in [0.5, 0.6) is 0 Å². The van der Waals surface area contributed by atoms with Crippen molar-refractivity contribution in [2.45, 2.75) is 12.8 Å². The van der Waals surface area contributed by atoms with Gasteiger partial charge in [-0.3, -0.25) is 9.59 Å². The Morgan fingerprint density at radius 2 is 1.77 bits per heavy atom. The third kappa shape index (κ3) is 4.08. The number of carbonyl (C=O) groups is 1. The first kappa shape index (κ1) is 19.1. The number of nitrogens with zero attached hydrogens (tertiary/aromatic N) is 2. The minimum absolute atomic E-state index is 0.171. The average molecular weight is 427 g/mol. The van der Waals surface area contributed by atoms with Gasteiger partial charge in [0, 0.05) is 23.8 Å². The predicted octanol–water partition coefficient (Wildman–Crippen LogP) is 4.77. The van der Waals surface area contributed by atoms with E-state index in [1.807, 2.05) is 29.6 Å². The number of H-pyrrole nitrogens is 1. The molecule has 2 N–H and O–H groups in total. The van der Waals surface area contributed by atoms with Gasteiger partial charge in [-0.1, -0.05) is 48.5 Å². The lowest BCUT2D eigenvalue weighted by atomic mass is 10.1. The third-order valence-corrected chi connectivity index (χ3v) is 5.80. The number of aromatic amines is 1. The van der Waals surface area contributed by atoms with Gasteiger partial charge in [-0.15, -0.1) is 11.3 Å². The standard InChI is InChI=1S/C24H18N4O2S/c29-22(12-11-21-25-19-8-4-3-7-18(19)23(30)27-21)28-24-26-20(14-31-24)17-10-9-15-5-1-2-6-16(15)13-17/h1-10,13-14H,11-12H2,(H,25,27,30)(H,26,28,29). The Morgan fingerprint density at radius 3 is 2.68 bits per heavy atom. The molecule has 31 heavy (non-hydrogen) atoms. The van der Waals surface area contributed by atoms with Crippen molar-refractivity contribution in [2.75, 3.05) is 5.32 Å². The van der Waals surface area contributed by atoms with E-state index >= 15 is 0 Å². The van der Waals surface area contributed by atoms with Gasteiger partial charge in [-0.25, -0.2) is 9.97 Å². The van der Waals surface area contributed by atoms with E-state index in [0.717, 1.165) is 16.6 Å². The number of benzene rings is 3. The molecule has 0 saturated carbocycles. The number of aromatic nitrogens is 3. The lowest BCUT2D eigenvalue weighted by Crippen LogP contribution is -2.16. The Hall–Kier alpha value is -3.84. The number of amides is 1. The summed E-state index contributed by atoms with van der Waals surface area (Å²) in [5, 5.41) is 8.19. The third-order valence-electron chi connectivity index (χ3n) is 5.05. The van der Waals surface area contributed by atoms with Crippen LogP contribution in [0.15, 0.2) is 76.9 Å². The van der Waals surface area contributed by atoms with Crippen molar-refractivity contribution in [3.63, 3.8) is 0 Å². The van der Waals surface area contributed by atoms with Crippen LogP contribution in [-0.4, -0.2) is 20.9 Å². The topological polar surface area (TPSA) is 87.7 Å². The maximum Gasteiger partial charge on any atom is 0.258 e. The van der Waals surface area contributed by atoms with E-state index < -0.39 is 0 Å². The zero-order valence-electron chi connectivity index (χ0n) is 16.5. The number of anilines is 1. The summed E-state index contributed by atoms with van der Waals surface area (Å²) in [7, 11) is 0. The van der Waals surface area contributed by atoms with Gasteiger partial charge in [-0.2, -0.15) is 0 Å². The number of fused-ring (bicyclic) bond motifs is 2. The molecule has 152 valence electrons.